The number of nitrogens with zero attached hydrogens (tertiary/aromatic N) is 3. The second-order valence-corrected chi connectivity index (χ2v) is 6.25. The van der Waals surface area contributed by atoms with Crippen LogP contribution in [-0.2, 0) is 6.54 Å². The summed E-state index contributed by atoms with van der Waals surface area (Å²) in [6, 6.07) is 11.1. The molecule has 3 rings (SSSR count). The highest BCUT2D eigenvalue weighted by atomic mass is 15.4. The monoisotopic (exact) mass is 272 g/mol. The van der Waals surface area contributed by atoms with Crippen LogP contribution in [0.1, 0.15) is 25.3 Å². The van der Waals surface area contributed by atoms with E-state index in [1.54, 1.807) is 0 Å². The summed E-state index contributed by atoms with van der Waals surface area (Å²) in [5, 5.41) is 0. The van der Waals surface area contributed by atoms with E-state index in [2.05, 4.69) is 59.1 Å². The lowest BCUT2D eigenvalue weighted by Crippen LogP contribution is -2.58. The normalized spacial score (nSPS) is 30.8. The molecule has 0 aromatic heterocycles. The summed E-state index contributed by atoms with van der Waals surface area (Å²) in [5.74, 6) is 0.714. The lowest BCUT2D eigenvalue weighted by molar-refractivity contribution is 0.0596. The molecule has 4 heteroatoms. The topological polar surface area (TPSA) is 44.9 Å². The smallest absolute Gasteiger partial charge is 0.192 e. The minimum absolute atomic E-state index is 0.131. The van der Waals surface area contributed by atoms with Crippen molar-refractivity contribution in [3.63, 3.8) is 0 Å². The summed E-state index contributed by atoms with van der Waals surface area (Å²) in [7, 11) is 2.21. The Bertz CT molecular complexity index is 498. The number of nitrogens with two attached hydrogens (primary N) is 1. The highest BCUT2D eigenvalue weighted by Gasteiger charge is 2.45. The zero-order valence-electron chi connectivity index (χ0n) is 12.4. The van der Waals surface area contributed by atoms with Crippen LogP contribution in [0.4, 0.5) is 0 Å². The Balaban J connectivity index is 1.81. The minimum Gasteiger partial charge on any atom is -0.370 e. The van der Waals surface area contributed by atoms with Gasteiger partial charge in [-0.15, -0.1) is 0 Å². The maximum Gasteiger partial charge on any atom is 0.192 e. The van der Waals surface area contributed by atoms with E-state index in [0.29, 0.717) is 12.0 Å². The molecule has 1 aromatic carbocycles. The molecule has 2 atom stereocenters. The van der Waals surface area contributed by atoms with E-state index in [1.807, 2.05) is 0 Å². The molecule has 2 heterocycles. The molecule has 0 aliphatic carbocycles. The van der Waals surface area contributed by atoms with Crippen LogP contribution in [0.15, 0.2) is 35.3 Å². The Kier molecular flexibility index (Phi) is 3.42. The minimum atomic E-state index is 0.131. The van der Waals surface area contributed by atoms with E-state index < -0.39 is 0 Å². The van der Waals surface area contributed by atoms with Gasteiger partial charge in [-0.05, 0) is 32.4 Å². The number of benzene rings is 1. The predicted molar refractivity (Wildman–Crippen MR) is 82.5 cm³/mol. The van der Waals surface area contributed by atoms with Crippen molar-refractivity contribution in [1.29, 1.82) is 0 Å². The van der Waals surface area contributed by atoms with Crippen LogP contribution >= 0.6 is 0 Å². The fourth-order valence-electron chi connectivity index (χ4n) is 3.46. The first-order valence-electron chi connectivity index (χ1n) is 7.42. The number of hydrogen-bond donors (Lipinski definition) is 1. The highest BCUT2D eigenvalue weighted by molar-refractivity contribution is 5.81. The fourth-order valence-corrected chi connectivity index (χ4v) is 3.46. The molecule has 1 saturated heterocycles. The first-order valence-corrected chi connectivity index (χ1v) is 7.42. The van der Waals surface area contributed by atoms with Gasteiger partial charge in [-0.25, -0.2) is 0 Å². The van der Waals surface area contributed by atoms with Gasteiger partial charge in [0.1, 0.15) is 0 Å². The molecule has 2 aliphatic heterocycles. The Hall–Kier alpha value is -1.55. The van der Waals surface area contributed by atoms with Gasteiger partial charge in [0.15, 0.2) is 5.96 Å². The third kappa shape index (κ3) is 2.29. The van der Waals surface area contributed by atoms with E-state index in [-0.39, 0.29) is 5.54 Å². The van der Waals surface area contributed by atoms with Crippen LogP contribution in [0, 0.1) is 0 Å². The fraction of sp³-hybridized carbons (Fsp3) is 0.562. The van der Waals surface area contributed by atoms with E-state index in [0.717, 1.165) is 32.5 Å². The summed E-state index contributed by atoms with van der Waals surface area (Å²) in [5.41, 5.74) is 7.61. The quantitative estimate of drug-likeness (QED) is 0.891. The van der Waals surface area contributed by atoms with Crippen molar-refractivity contribution in [2.75, 3.05) is 20.1 Å². The molecule has 4 nitrogen and oxygen atoms in total. The number of likely N-dealkylation sites (tertiary alicyclic amines) is 1. The number of aliphatic imine (C=N–C) groups is 1. The average molecular weight is 272 g/mol. The third-order valence-electron chi connectivity index (χ3n) is 4.93. The molecule has 0 amide bonds. The van der Waals surface area contributed by atoms with E-state index in [9.17, 15) is 0 Å². The number of guanidine groups is 1. The van der Waals surface area contributed by atoms with Gasteiger partial charge in [0.2, 0.25) is 0 Å². The van der Waals surface area contributed by atoms with Crippen LogP contribution in [0.3, 0.4) is 0 Å². The first-order chi connectivity index (χ1) is 9.61. The second-order valence-electron chi connectivity index (χ2n) is 6.25. The molecule has 1 fully saturated rings. The molecule has 108 valence electrons. The molecular weight excluding hydrogens is 248 g/mol. The Labute approximate surface area is 121 Å². The number of piperidine rings is 1. The largest absolute Gasteiger partial charge is 0.370 e. The highest BCUT2D eigenvalue weighted by Crippen LogP contribution is 2.36. The summed E-state index contributed by atoms with van der Waals surface area (Å²) < 4.78 is 0. The molecule has 0 saturated carbocycles. The Morgan fingerprint density at radius 1 is 1.35 bits per heavy atom. The van der Waals surface area contributed by atoms with E-state index in [1.165, 1.54) is 5.56 Å². The SMILES string of the molecule is CC1CC2(CCN1C)CN=C(N)N2Cc1ccccc1. The average Bonchev–Trinajstić information content (AvgIpc) is 2.74. The van der Waals surface area contributed by atoms with Gasteiger partial charge >= 0.3 is 0 Å². The lowest BCUT2D eigenvalue weighted by Gasteiger charge is -2.47. The lowest BCUT2D eigenvalue weighted by atomic mass is 9.82. The van der Waals surface area contributed by atoms with Crippen LogP contribution in [0.2, 0.25) is 0 Å². The summed E-state index contributed by atoms with van der Waals surface area (Å²) in [4.78, 5) is 9.32. The van der Waals surface area contributed by atoms with Crippen LogP contribution in [0.25, 0.3) is 0 Å². The number of hydrogen-bond acceptors (Lipinski definition) is 4. The van der Waals surface area contributed by atoms with Crippen molar-refractivity contribution in [1.82, 2.24) is 9.80 Å². The van der Waals surface area contributed by atoms with Gasteiger partial charge < -0.3 is 15.5 Å². The molecule has 0 bridgehead atoms. The van der Waals surface area contributed by atoms with Gasteiger partial charge in [0.25, 0.3) is 0 Å². The standard InChI is InChI=1S/C16H24N4/c1-13-10-16(8-9-19(13)2)12-18-15(17)20(16)11-14-6-4-3-5-7-14/h3-7,13H,8-12H2,1-2H3,(H2,17,18). The zero-order valence-corrected chi connectivity index (χ0v) is 12.4. The summed E-state index contributed by atoms with van der Waals surface area (Å²) in [6.07, 6.45) is 2.28. The third-order valence-corrected chi connectivity index (χ3v) is 4.93. The zero-order chi connectivity index (χ0) is 14.2. The summed E-state index contributed by atoms with van der Waals surface area (Å²) >= 11 is 0. The molecule has 2 N–H and O–H groups in total. The first kappa shape index (κ1) is 13.4. The molecule has 2 aliphatic rings. The number of rotatable bonds is 2. The van der Waals surface area contributed by atoms with Crippen molar-refractivity contribution in [2.45, 2.75) is 37.9 Å². The van der Waals surface area contributed by atoms with Gasteiger partial charge in [-0.1, -0.05) is 30.3 Å². The van der Waals surface area contributed by atoms with Gasteiger partial charge in [-0.2, -0.15) is 0 Å². The van der Waals surface area contributed by atoms with Gasteiger partial charge in [0.05, 0.1) is 12.1 Å². The van der Waals surface area contributed by atoms with Crippen molar-refractivity contribution >= 4 is 5.96 Å². The van der Waals surface area contributed by atoms with Crippen molar-refractivity contribution < 1.29 is 0 Å². The predicted octanol–water partition coefficient (Wildman–Crippen LogP) is 1.67. The Morgan fingerprint density at radius 2 is 2.10 bits per heavy atom. The van der Waals surface area contributed by atoms with Crippen molar-refractivity contribution in [3.8, 4) is 0 Å². The van der Waals surface area contributed by atoms with E-state index >= 15 is 0 Å². The molecular formula is C16H24N4. The van der Waals surface area contributed by atoms with E-state index in [4.69, 9.17) is 5.73 Å². The van der Waals surface area contributed by atoms with Gasteiger partial charge in [0, 0.05) is 19.1 Å². The maximum absolute atomic E-state index is 6.17. The second kappa shape index (κ2) is 5.09. The molecule has 0 radical (unpaired) electrons. The van der Waals surface area contributed by atoms with Crippen molar-refractivity contribution in [3.05, 3.63) is 35.9 Å². The van der Waals surface area contributed by atoms with Crippen LogP contribution in [-0.4, -0.2) is 47.5 Å². The van der Waals surface area contributed by atoms with Crippen molar-refractivity contribution in [2.24, 2.45) is 10.7 Å². The molecule has 1 spiro atoms. The molecule has 2 unspecified atom stereocenters. The maximum atomic E-state index is 6.17. The van der Waals surface area contributed by atoms with Gasteiger partial charge in [-0.3, -0.25) is 4.99 Å². The molecule has 20 heavy (non-hydrogen) atoms. The van der Waals surface area contributed by atoms with Crippen LogP contribution in [0.5, 0.6) is 0 Å². The van der Waals surface area contributed by atoms with Crippen LogP contribution < -0.4 is 5.73 Å². The summed E-state index contributed by atoms with van der Waals surface area (Å²) in [6.45, 7) is 5.14. The Morgan fingerprint density at radius 3 is 2.80 bits per heavy atom. The molecule has 1 aromatic rings.